The van der Waals surface area contributed by atoms with E-state index < -0.39 is 36.0 Å². The van der Waals surface area contributed by atoms with Gasteiger partial charge >= 0.3 is 6.18 Å². The van der Waals surface area contributed by atoms with Crippen molar-refractivity contribution in [3.05, 3.63) is 59.0 Å². The molecule has 3 atom stereocenters. The molecule has 1 fully saturated rings. The molecule has 202 valence electrons. The minimum atomic E-state index is -4.63. The van der Waals surface area contributed by atoms with Gasteiger partial charge in [0.25, 0.3) is 5.91 Å². The SMILES string of the molecule is CC1=C2C(=N[C@H]3CCN2C3)NC(C(=O)Nc2nccc(OC[C@@H](O)CO)n2)(c2cccc(C(F)(F)F)c2)N1. The van der Waals surface area contributed by atoms with E-state index in [0.717, 1.165) is 37.3 Å². The van der Waals surface area contributed by atoms with Crippen LogP contribution in [0, 0.1) is 0 Å². The van der Waals surface area contributed by atoms with Gasteiger partial charge in [0.1, 0.15) is 18.5 Å². The van der Waals surface area contributed by atoms with Gasteiger partial charge in [0.2, 0.25) is 17.5 Å². The molecule has 1 saturated heterocycles. The number of carbonyl (C=O) groups is 1. The summed E-state index contributed by atoms with van der Waals surface area (Å²) < 4.78 is 46.2. The number of rotatable bonds is 7. The number of allylic oxidation sites excluding steroid dienone is 1. The first-order valence-corrected chi connectivity index (χ1v) is 11.9. The van der Waals surface area contributed by atoms with Gasteiger partial charge in [-0.15, -0.1) is 0 Å². The summed E-state index contributed by atoms with van der Waals surface area (Å²) >= 11 is 0. The Balaban J connectivity index is 1.52. The first kappa shape index (κ1) is 25.7. The average molecular weight is 534 g/mol. The Kier molecular flexibility index (Phi) is 6.61. The number of alkyl halides is 3. The molecule has 4 heterocycles. The van der Waals surface area contributed by atoms with Gasteiger partial charge in [0.05, 0.1) is 23.9 Å². The Hall–Kier alpha value is -3.91. The van der Waals surface area contributed by atoms with Crippen LogP contribution in [0.25, 0.3) is 0 Å². The highest BCUT2D eigenvalue weighted by Gasteiger charge is 2.49. The fourth-order valence-electron chi connectivity index (χ4n) is 4.73. The molecule has 2 aromatic rings. The molecule has 5 N–H and O–H groups in total. The Morgan fingerprint density at radius 2 is 2.16 bits per heavy atom. The number of carbonyl (C=O) groups excluding carboxylic acids is 1. The summed E-state index contributed by atoms with van der Waals surface area (Å²) in [6.45, 7) is 2.50. The fourth-order valence-corrected chi connectivity index (χ4v) is 4.73. The van der Waals surface area contributed by atoms with Crippen LogP contribution in [0.4, 0.5) is 19.1 Å². The largest absolute Gasteiger partial charge is 0.475 e. The Labute approximate surface area is 215 Å². The van der Waals surface area contributed by atoms with Crippen LogP contribution in [0.15, 0.2) is 52.9 Å². The van der Waals surface area contributed by atoms with Gasteiger partial charge < -0.3 is 30.5 Å². The van der Waals surface area contributed by atoms with Crippen molar-refractivity contribution in [3.8, 4) is 5.88 Å². The number of fused-ring (bicyclic) bond motifs is 4. The Morgan fingerprint density at radius 1 is 1.34 bits per heavy atom. The van der Waals surface area contributed by atoms with Crippen LogP contribution in [0.2, 0.25) is 0 Å². The van der Waals surface area contributed by atoms with Crippen molar-refractivity contribution in [1.82, 2.24) is 25.5 Å². The smallest absolute Gasteiger partial charge is 0.416 e. The van der Waals surface area contributed by atoms with Gasteiger partial charge in [0, 0.05) is 36.6 Å². The number of hydrogen-bond donors (Lipinski definition) is 5. The number of aliphatic hydroxyl groups excluding tert-OH is 2. The van der Waals surface area contributed by atoms with Crippen molar-refractivity contribution in [2.24, 2.45) is 4.99 Å². The van der Waals surface area contributed by atoms with E-state index in [1.54, 1.807) is 6.92 Å². The van der Waals surface area contributed by atoms with E-state index >= 15 is 0 Å². The standard InChI is InChI=1S/C24H26F3N7O4/c1-13-19-20(29-16-6-8-34(19)10-16)33-23(32-13,14-3-2-4-15(9-14)24(25,26)27)21(37)31-22-28-7-5-18(30-22)38-12-17(36)11-35/h2-5,7,9,16-17,32,35-36H,6,8,10-12H2,1H3,(H,29,33)(H,28,30,31,37)/t16-,17-,23?/m0/s1. The number of aliphatic hydroxyl groups is 2. The third-order valence-electron chi connectivity index (χ3n) is 6.50. The van der Waals surface area contributed by atoms with Crippen LogP contribution >= 0.6 is 0 Å². The van der Waals surface area contributed by atoms with Crippen molar-refractivity contribution >= 4 is 17.7 Å². The second kappa shape index (κ2) is 9.76. The van der Waals surface area contributed by atoms with Gasteiger partial charge in [-0.3, -0.25) is 15.1 Å². The van der Waals surface area contributed by atoms with E-state index in [-0.39, 0.29) is 30.0 Å². The highest BCUT2D eigenvalue weighted by molar-refractivity contribution is 6.07. The van der Waals surface area contributed by atoms with Crippen molar-refractivity contribution in [2.75, 3.05) is 31.6 Å². The number of halogens is 3. The molecular weight excluding hydrogens is 507 g/mol. The molecule has 5 rings (SSSR count). The highest BCUT2D eigenvalue weighted by Crippen LogP contribution is 2.36. The number of ether oxygens (including phenoxy) is 1. The monoisotopic (exact) mass is 533 g/mol. The van der Waals surface area contributed by atoms with Crippen molar-refractivity contribution in [3.63, 3.8) is 0 Å². The Bertz CT molecular complexity index is 1300. The molecule has 0 saturated carbocycles. The first-order chi connectivity index (χ1) is 18.1. The predicted molar refractivity (Wildman–Crippen MR) is 129 cm³/mol. The fraction of sp³-hybridized carbons (Fsp3) is 0.417. The minimum Gasteiger partial charge on any atom is -0.475 e. The topological polar surface area (TPSA) is 144 Å². The van der Waals surface area contributed by atoms with Gasteiger partial charge in [-0.1, -0.05) is 12.1 Å². The molecule has 0 radical (unpaired) electrons. The van der Waals surface area contributed by atoms with Gasteiger partial charge in [-0.25, -0.2) is 4.98 Å². The molecule has 1 amide bonds. The van der Waals surface area contributed by atoms with E-state index in [4.69, 9.17) is 14.8 Å². The number of nitrogens with one attached hydrogen (secondary N) is 3. The third-order valence-corrected chi connectivity index (χ3v) is 6.50. The summed E-state index contributed by atoms with van der Waals surface area (Å²) in [5.41, 5.74) is -1.44. The lowest BCUT2D eigenvalue weighted by Crippen LogP contribution is -2.67. The van der Waals surface area contributed by atoms with Crippen LogP contribution in [-0.4, -0.2) is 75.3 Å². The summed E-state index contributed by atoms with van der Waals surface area (Å²) in [7, 11) is 0. The van der Waals surface area contributed by atoms with E-state index in [1.165, 1.54) is 24.4 Å². The summed E-state index contributed by atoms with van der Waals surface area (Å²) in [6, 6.07) is 5.90. The van der Waals surface area contributed by atoms with Crippen LogP contribution in [0.5, 0.6) is 5.88 Å². The van der Waals surface area contributed by atoms with E-state index in [1.807, 2.05) is 0 Å². The van der Waals surface area contributed by atoms with E-state index in [0.29, 0.717) is 11.5 Å². The predicted octanol–water partition coefficient (Wildman–Crippen LogP) is 0.930. The molecule has 3 aliphatic rings. The maximum atomic E-state index is 13.9. The first-order valence-electron chi connectivity index (χ1n) is 11.9. The van der Waals surface area contributed by atoms with Crippen LogP contribution in [0.3, 0.4) is 0 Å². The number of aliphatic imine (C=N–C) groups is 1. The second-order valence-corrected chi connectivity index (χ2v) is 9.24. The number of amides is 1. The molecule has 14 heteroatoms. The van der Waals surface area contributed by atoms with Gasteiger partial charge in [-0.05, 0) is 25.5 Å². The molecule has 2 bridgehead atoms. The lowest BCUT2D eigenvalue weighted by Gasteiger charge is -2.44. The van der Waals surface area contributed by atoms with E-state index in [2.05, 4.69) is 30.8 Å². The quantitative estimate of drug-likeness (QED) is 0.351. The van der Waals surface area contributed by atoms with Gasteiger partial charge in [-0.2, -0.15) is 18.2 Å². The molecule has 0 spiro atoms. The summed E-state index contributed by atoms with van der Waals surface area (Å²) in [5, 5.41) is 27.2. The van der Waals surface area contributed by atoms with Crippen LogP contribution in [0.1, 0.15) is 24.5 Å². The zero-order chi connectivity index (χ0) is 27.1. The maximum Gasteiger partial charge on any atom is 0.416 e. The summed E-state index contributed by atoms with van der Waals surface area (Å²) in [6.07, 6.45) is -3.62. The van der Waals surface area contributed by atoms with Gasteiger partial charge in [0.15, 0.2) is 0 Å². The van der Waals surface area contributed by atoms with Crippen molar-refractivity contribution < 1.29 is 32.9 Å². The summed E-state index contributed by atoms with van der Waals surface area (Å²) in [4.78, 5) is 28.8. The van der Waals surface area contributed by atoms with E-state index in [9.17, 15) is 23.1 Å². The maximum absolute atomic E-state index is 13.9. The second-order valence-electron chi connectivity index (χ2n) is 9.24. The molecule has 1 unspecified atom stereocenters. The summed E-state index contributed by atoms with van der Waals surface area (Å²) in [5.74, 6) is -0.528. The normalized spacial score (nSPS) is 23.2. The van der Waals surface area contributed by atoms with Crippen LogP contribution < -0.4 is 20.7 Å². The number of amidine groups is 1. The average Bonchev–Trinajstić information content (AvgIpc) is 3.27. The number of nitrogens with zero attached hydrogens (tertiary/aromatic N) is 4. The Morgan fingerprint density at radius 3 is 2.92 bits per heavy atom. The molecule has 3 aliphatic heterocycles. The van der Waals surface area contributed by atoms with Crippen LogP contribution in [-0.2, 0) is 16.6 Å². The minimum absolute atomic E-state index is 0.0114. The molecule has 11 nitrogen and oxygen atoms in total. The number of anilines is 1. The molecule has 1 aromatic heterocycles. The lowest BCUT2D eigenvalue weighted by atomic mass is 9.92. The number of hydrogen-bond acceptors (Lipinski definition) is 10. The molecular formula is C24H26F3N7O4. The number of benzene rings is 1. The van der Waals surface area contributed by atoms with Crippen molar-refractivity contribution in [2.45, 2.75) is 37.3 Å². The lowest BCUT2D eigenvalue weighted by molar-refractivity contribution is -0.138. The zero-order valence-electron chi connectivity index (χ0n) is 20.3. The van der Waals surface area contributed by atoms with Crippen molar-refractivity contribution in [1.29, 1.82) is 0 Å². The molecule has 0 aliphatic carbocycles. The molecule has 1 aromatic carbocycles. The third kappa shape index (κ3) is 4.84. The highest BCUT2D eigenvalue weighted by atomic mass is 19.4. The molecule has 38 heavy (non-hydrogen) atoms. The number of aromatic nitrogens is 2. The zero-order valence-corrected chi connectivity index (χ0v) is 20.3.